The van der Waals surface area contributed by atoms with Gasteiger partial charge in [0.15, 0.2) is 11.5 Å². The predicted molar refractivity (Wildman–Crippen MR) is 54.7 cm³/mol. The van der Waals surface area contributed by atoms with Gasteiger partial charge in [0.1, 0.15) is 0 Å². The Labute approximate surface area is 83.2 Å². The van der Waals surface area contributed by atoms with E-state index in [0.29, 0.717) is 11.5 Å². The van der Waals surface area contributed by atoms with Crippen molar-refractivity contribution in [3.8, 4) is 11.5 Å². The van der Waals surface area contributed by atoms with Crippen LogP contribution in [0.3, 0.4) is 0 Å². The second-order valence-electron chi connectivity index (χ2n) is 3.34. The largest absolute Gasteiger partial charge is 0.493 e. The lowest BCUT2D eigenvalue weighted by atomic mass is 10.1. The van der Waals surface area contributed by atoms with Crippen molar-refractivity contribution in [1.82, 2.24) is 0 Å². The maximum atomic E-state index is 7.73. The lowest BCUT2D eigenvalue weighted by molar-refractivity contribution is 0.354. The molecule has 0 atom stereocenters. The van der Waals surface area contributed by atoms with E-state index in [1.165, 1.54) is 5.56 Å². The molecular formula is C11H13NO2. The minimum atomic E-state index is 0.695. The standard InChI is InChI=1S/C11H13NO2/c1-13-10-5-7-3-4-9(12)8(7)6-11(10)14-2/h5-6,12H,3-4H2,1-2H3. The number of hydrogen-bond acceptors (Lipinski definition) is 3. The van der Waals surface area contributed by atoms with Crippen LogP contribution in [0.5, 0.6) is 11.5 Å². The van der Waals surface area contributed by atoms with Crippen molar-refractivity contribution >= 4 is 5.71 Å². The summed E-state index contributed by atoms with van der Waals surface area (Å²) < 4.78 is 10.4. The van der Waals surface area contributed by atoms with E-state index >= 15 is 0 Å². The summed E-state index contributed by atoms with van der Waals surface area (Å²) >= 11 is 0. The Kier molecular flexibility index (Phi) is 2.15. The van der Waals surface area contributed by atoms with Crippen LogP contribution in [-0.2, 0) is 6.42 Å². The summed E-state index contributed by atoms with van der Waals surface area (Å²) in [5, 5.41) is 7.73. The third-order valence-electron chi connectivity index (χ3n) is 2.58. The van der Waals surface area contributed by atoms with Crippen molar-refractivity contribution in [2.45, 2.75) is 12.8 Å². The normalized spacial score (nSPS) is 14.0. The molecule has 1 aliphatic rings. The number of benzene rings is 1. The fourth-order valence-corrected chi connectivity index (χ4v) is 1.80. The van der Waals surface area contributed by atoms with Crippen LogP contribution in [0.25, 0.3) is 0 Å². The van der Waals surface area contributed by atoms with Gasteiger partial charge < -0.3 is 14.9 Å². The molecule has 3 heteroatoms. The summed E-state index contributed by atoms with van der Waals surface area (Å²) in [4.78, 5) is 0. The molecule has 0 aromatic heterocycles. The molecule has 0 aliphatic heterocycles. The number of rotatable bonds is 2. The van der Waals surface area contributed by atoms with Crippen LogP contribution in [0.4, 0.5) is 0 Å². The van der Waals surface area contributed by atoms with E-state index in [2.05, 4.69) is 0 Å². The highest BCUT2D eigenvalue weighted by molar-refractivity contribution is 6.02. The fraction of sp³-hybridized carbons (Fsp3) is 0.364. The Morgan fingerprint density at radius 3 is 2.36 bits per heavy atom. The molecule has 0 fully saturated rings. The van der Waals surface area contributed by atoms with Crippen LogP contribution < -0.4 is 9.47 Å². The minimum absolute atomic E-state index is 0.695. The predicted octanol–water partition coefficient (Wildman–Crippen LogP) is 2.02. The zero-order valence-electron chi connectivity index (χ0n) is 8.39. The maximum Gasteiger partial charge on any atom is 0.161 e. The molecule has 0 radical (unpaired) electrons. The second-order valence-corrected chi connectivity index (χ2v) is 3.34. The second kappa shape index (κ2) is 3.33. The Balaban J connectivity index is 2.54. The van der Waals surface area contributed by atoms with Crippen molar-refractivity contribution in [2.24, 2.45) is 0 Å². The number of nitrogens with one attached hydrogen (secondary N) is 1. The molecule has 74 valence electrons. The lowest BCUT2D eigenvalue weighted by Gasteiger charge is -2.09. The van der Waals surface area contributed by atoms with E-state index in [1.807, 2.05) is 12.1 Å². The van der Waals surface area contributed by atoms with Crippen LogP contribution in [0.15, 0.2) is 12.1 Å². The van der Waals surface area contributed by atoms with Crippen LogP contribution in [0.2, 0.25) is 0 Å². The van der Waals surface area contributed by atoms with E-state index in [9.17, 15) is 0 Å². The SMILES string of the molecule is COc1cc2c(cc1OC)C(=N)CC2. The summed E-state index contributed by atoms with van der Waals surface area (Å²) in [5.41, 5.74) is 2.89. The van der Waals surface area contributed by atoms with Gasteiger partial charge in [-0.05, 0) is 30.5 Å². The van der Waals surface area contributed by atoms with Gasteiger partial charge in [-0.15, -0.1) is 0 Å². The molecule has 0 saturated carbocycles. The zero-order chi connectivity index (χ0) is 10.1. The molecule has 1 aromatic rings. The van der Waals surface area contributed by atoms with Crippen LogP contribution >= 0.6 is 0 Å². The first-order valence-electron chi connectivity index (χ1n) is 4.59. The molecular weight excluding hydrogens is 178 g/mol. The van der Waals surface area contributed by atoms with Crippen molar-refractivity contribution in [1.29, 1.82) is 5.41 Å². The van der Waals surface area contributed by atoms with Gasteiger partial charge in [0, 0.05) is 11.3 Å². The summed E-state index contributed by atoms with van der Waals surface area (Å²) in [5.74, 6) is 1.46. The first-order chi connectivity index (χ1) is 6.76. The monoisotopic (exact) mass is 191 g/mol. The molecule has 3 nitrogen and oxygen atoms in total. The Hall–Kier alpha value is -1.51. The smallest absolute Gasteiger partial charge is 0.161 e. The molecule has 0 saturated heterocycles. The van der Waals surface area contributed by atoms with Gasteiger partial charge in [-0.3, -0.25) is 0 Å². The molecule has 1 N–H and O–H groups in total. The third-order valence-corrected chi connectivity index (χ3v) is 2.58. The zero-order valence-corrected chi connectivity index (χ0v) is 8.39. The molecule has 0 spiro atoms. The van der Waals surface area contributed by atoms with Crippen molar-refractivity contribution in [3.63, 3.8) is 0 Å². The van der Waals surface area contributed by atoms with E-state index < -0.39 is 0 Å². The summed E-state index contributed by atoms with van der Waals surface area (Å²) in [7, 11) is 3.24. The highest BCUT2D eigenvalue weighted by Gasteiger charge is 2.19. The van der Waals surface area contributed by atoms with Gasteiger partial charge in [0.2, 0.25) is 0 Å². The average molecular weight is 191 g/mol. The fourth-order valence-electron chi connectivity index (χ4n) is 1.80. The Bertz CT molecular complexity index is 385. The Morgan fingerprint density at radius 1 is 1.07 bits per heavy atom. The first kappa shape index (κ1) is 9.06. The van der Waals surface area contributed by atoms with Gasteiger partial charge in [0.05, 0.1) is 14.2 Å². The maximum absolute atomic E-state index is 7.73. The summed E-state index contributed by atoms with van der Waals surface area (Å²) in [6, 6.07) is 3.86. The topological polar surface area (TPSA) is 42.3 Å². The minimum Gasteiger partial charge on any atom is -0.493 e. The quantitative estimate of drug-likeness (QED) is 0.777. The lowest BCUT2D eigenvalue weighted by Crippen LogP contribution is -1.96. The molecule has 0 bridgehead atoms. The highest BCUT2D eigenvalue weighted by atomic mass is 16.5. The number of hydrogen-bond donors (Lipinski definition) is 1. The van der Waals surface area contributed by atoms with Crippen molar-refractivity contribution in [3.05, 3.63) is 23.3 Å². The number of fused-ring (bicyclic) bond motifs is 1. The van der Waals surface area contributed by atoms with Crippen LogP contribution in [-0.4, -0.2) is 19.9 Å². The number of aryl methyl sites for hydroxylation is 1. The van der Waals surface area contributed by atoms with Gasteiger partial charge in [-0.25, -0.2) is 0 Å². The van der Waals surface area contributed by atoms with E-state index in [0.717, 1.165) is 24.2 Å². The average Bonchev–Trinajstić information content (AvgIpc) is 2.58. The molecule has 0 heterocycles. The molecule has 1 aromatic carbocycles. The molecule has 1 aliphatic carbocycles. The van der Waals surface area contributed by atoms with E-state index in [-0.39, 0.29) is 0 Å². The van der Waals surface area contributed by atoms with Gasteiger partial charge in [-0.2, -0.15) is 0 Å². The molecule has 2 rings (SSSR count). The van der Waals surface area contributed by atoms with Crippen molar-refractivity contribution in [2.75, 3.05) is 14.2 Å². The number of ether oxygens (including phenoxy) is 2. The van der Waals surface area contributed by atoms with Gasteiger partial charge in [-0.1, -0.05) is 0 Å². The van der Waals surface area contributed by atoms with E-state index in [4.69, 9.17) is 14.9 Å². The van der Waals surface area contributed by atoms with Crippen LogP contribution in [0, 0.1) is 5.41 Å². The number of methoxy groups -OCH3 is 2. The van der Waals surface area contributed by atoms with Gasteiger partial charge >= 0.3 is 0 Å². The first-order valence-corrected chi connectivity index (χ1v) is 4.59. The highest BCUT2D eigenvalue weighted by Crippen LogP contribution is 2.34. The van der Waals surface area contributed by atoms with Crippen molar-refractivity contribution < 1.29 is 9.47 Å². The summed E-state index contributed by atoms with van der Waals surface area (Å²) in [6.45, 7) is 0. The van der Waals surface area contributed by atoms with Gasteiger partial charge in [0.25, 0.3) is 0 Å². The third kappa shape index (κ3) is 1.25. The van der Waals surface area contributed by atoms with Crippen LogP contribution in [0.1, 0.15) is 17.5 Å². The van der Waals surface area contributed by atoms with E-state index in [1.54, 1.807) is 14.2 Å². The molecule has 0 amide bonds. The molecule has 14 heavy (non-hydrogen) atoms. The summed E-state index contributed by atoms with van der Waals surface area (Å²) in [6.07, 6.45) is 1.76. The molecule has 0 unspecified atom stereocenters. The Morgan fingerprint density at radius 2 is 1.71 bits per heavy atom.